The van der Waals surface area contributed by atoms with E-state index >= 15 is 0 Å². The van der Waals surface area contributed by atoms with Crippen molar-refractivity contribution in [1.82, 2.24) is 0 Å². The molecule has 0 unspecified atom stereocenters. The Labute approximate surface area is 168 Å². The van der Waals surface area contributed by atoms with E-state index in [1.54, 1.807) is 12.1 Å². The standard InChI is InChI=1S/C20H31FO2.Na.H/c1-3-5-7-9-11-17-13-16(15-19(22)23)14-18(20(17)21)12-10-8-6-4-2;;/h13-14H,3-12,15H2,1-2H3,(H,22,23);;. The first-order valence-electron chi connectivity index (χ1n) is 9.10. The SMILES string of the molecule is CCCCCCc1cc(CC(=O)O)cc(CCCCCC)c1F.[NaH]. The second-order valence-electron chi connectivity index (χ2n) is 6.42. The van der Waals surface area contributed by atoms with Gasteiger partial charge >= 0.3 is 35.5 Å². The van der Waals surface area contributed by atoms with E-state index in [9.17, 15) is 9.18 Å². The summed E-state index contributed by atoms with van der Waals surface area (Å²) < 4.78 is 14.7. The summed E-state index contributed by atoms with van der Waals surface area (Å²) in [6.45, 7) is 4.31. The molecule has 0 radical (unpaired) electrons. The van der Waals surface area contributed by atoms with Crippen molar-refractivity contribution >= 4 is 35.5 Å². The van der Waals surface area contributed by atoms with Gasteiger partial charge in [-0.15, -0.1) is 0 Å². The number of carboxylic acid groups (broad SMARTS) is 1. The summed E-state index contributed by atoms with van der Waals surface area (Å²) in [5.74, 6) is -0.961. The van der Waals surface area contributed by atoms with E-state index in [0.717, 1.165) is 44.1 Å². The Kier molecular flexibility index (Phi) is 13.6. The quantitative estimate of drug-likeness (QED) is 0.425. The summed E-state index contributed by atoms with van der Waals surface area (Å²) in [4.78, 5) is 11.0. The van der Waals surface area contributed by atoms with Gasteiger partial charge in [-0.25, -0.2) is 4.39 Å². The second kappa shape index (κ2) is 13.9. The van der Waals surface area contributed by atoms with Crippen LogP contribution in [0.1, 0.15) is 81.9 Å². The molecule has 0 aliphatic rings. The summed E-state index contributed by atoms with van der Waals surface area (Å²) in [5.41, 5.74) is 2.13. The fourth-order valence-electron chi connectivity index (χ4n) is 2.95. The topological polar surface area (TPSA) is 37.3 Å². The van der Waals surface area contributed by atoms with Crippen molar-refractivity contribution in [3.8, 4) is 0 Å². The molecular weight excluding hydrogens is 314 g/mol. The summed E-state index contributed by atoms with van der Waals surface area (Å²) >= 11 is 0. The average Bonchev–Trinajstić information content (AvgIpc) is 2.51. The zero-order valence-electron chi connectivity index (χ0n) is 14.7. The van der Waals surface area contributed by atoms with Crippen molar-refractivity contribution in [3.63, 3.8) is 0 Å². The fraction of sp³-hybridized carbons (Fsp3) is 0.650. The molecule has 0 aliphatic carbocycles. The minimum absolute atomic E-state index is 0. The zero-order chi connectivity index (χ0) is 17.1. The number of aryl methyl sites for hydroxylation is 2. The molecule has 2 nitrogen and oxygen atoms in total. The maximum absolute atomic E-state index is 14.7. The predicted octanol–water partition coefficient (Wildman–Crippen LogP) is 5.05. The van der Waals surface area contributed by atoms with Crippen molar-refractivity contribution in [2.45, 2.75) is 84.5 Å². The van der Waals surface area contributed by atoms with E-state index in [4.69, 9.17) is 5.11 Å². The molecule has 0 amide bonds. The molecule has 1 rings (SSSR count). The number of hydrogen-bond acceptors (Lipinski definition) is 1. The van der Waals surface area contributed by atoms with Gasteiger partial charge in [-0.3, -0.25) is 4.79 Å². The first-order valence-corrected chi connectivity index (χ1v) is 9.10. The Morgan fingerprint density at radius 1 is 0.917 bits per heavy atom. The van der Waals surface area contributed by atoms with Gasteiger partial charge in [0.25, 0.3) is 0 Å². The van der Waals surface area contributed by atoms with Crippen LogP contribution in [-0.2, 0) is 24.1 Å². The molecule has 132 valence electrons. The van der Waals surface area contributed by atoms with Gasteiger partial charge < -0.3 is 5.11 Å². The molecule has 1 N–H and O–H groups in total. The van der Waals surface area contributed by atoms with Crippen molar-refractivity contribution in [1.29, 1.82) is 0 Å². The molecule has 0 fully saturated rings. The van der Waals surface area contributed by atoms with Crippen LogP contribution in [0.2, 0.25) is 0 Å². The van der Waals surface area contributed by atoms with E-state index in [1.165, 1.54) is 12.8 Å². The van der Waals surface area contributed by atoms with Crippen LogP contribution < -0.4 is 0 Å². The number of carbonyl (C=O) groups is 1. The van der Waals surface area contributed by atoms with Gasteiger partial charge in [-0.1, -0.05) is 64.5 Å². The number of unbranched alkanes of at least 4 members (excludes halogenated alkanes) is 6. The third-order valence-corrected chi connectivity index (χ3v) is 4.24. The molecule has 0 spiro atoms. The number of rotatable bonds is 12. The van der Waals surface area contributed by atoms with Crippen LogP contribution in [0.5, 0.6) is 0 Å². The van der Waals surface area contributed by atoms with E-state index in [0.29, 0.717) is 24.0 Å². The molecule has 1 aromatic carbocycles. The number of hydrogen-bond donors (Lipinski definition) is 1. The Hall–Kier alpha value is -0.380. The average molecular weight is 346 g/mol. The van der Waals surface area contributed by atoms with Crippen LogP contribution in [0.4, 0.5) is 4.39 Å². The Morgan fingerprint density at radius 3 is 1.75 bits per heavy atom. The summed E-state index contributed by atoms with van der Waals surface area (Å²) in [6.07, 6.45) is 10.2. The van der Waals surface area contributed by atoms with Gasteiger partial charge in [0.1, 0.15) is 5.82 Å². The zero-order valence-corrected chi connectivity index (χ0v) is 14.7. The minimum atomic E-state index is -0.856. The fourth-order valence-corrected chi connectivity index (χ4v) is 2.95. The maximum atomic E-state index is 14.7. The van der Waals surface area contributed by atoms with Crippen molar-refractivity contribution in [2.75, 3.05) is 0 Å². The van der Waals surface area contributed by atoms with Crippen molar-refractivity contribution < 1.29 is 14.3 Å². The van der Waals surface area contributed by atoms with Crippen molar-refractivity contribution in [2.24, 2.45) is 0 Å². The summed E-state index contributed by atoms with van der Waals surface area (Å²) in [7, 11) is 0. The van der Waals surface area contributed by atoms with Gasteiger partial charge in [0, 0.05) is 0 Å². The Bertz CT molecular complexity index is 456. The van der Waals surface area contributed by atoms with E-state index in [2.05, 4.69) is 13.8 Å². The van der Waals surface area contributed by atoms with Gasteiger partial charge in [0.05, 0.1) is 6.42 Å². The molecule has 0 heterocycles. The second-order valence-corrected chi connectivity index (χ2v) is 6.42. The van der Waals surface area contributed by atoms with Crippen LogP contribution in [0.15, 0.2) is 12.1 Å². The monoisotopic (exact) mass is 346 g/mol. The third kappa shape index (κ3) is 9.19. The van der Waals surface area contributed by atoms with E-state index in [1.807, 2.05) is 0 Å². The van der Waals surface area contributed by atoms with Gasteiger partial charge in [-0.05, 0) is 42.4 Å². The molecule has 24 heavy (non-hydrogen) atoms. The number of halogens is 1. The normalized spacial score (nSPS) is 10.5. The number of benzene rings is 1. The molecule has 0 aromatic heterocycles. The molecule has 4 heteroatoms. The molecule has 0 aliphatic heterocycles. The van der Waals surface area contributed by atoms with Crippen molar-refractivity contribution in [3.05, 3.63) is 34.6 Å². The van der Waals surface area contributed by atoms with Gasteiger partial charge in [0.2, 0.25) is 0 Å². The van der Waals surface area contributed by atoms with E-state index in [-0.39, 0.29) is 41.8 Å². The van der Waals surface area contributed by atoms with Crippen LogP contribution >= 0.6 is 0 Å². The predicted molar refractivity (Wildman–Crippen MR) is 101 cm³/mol. The van der Waals surface area contributed by atoms with Crippen LogP contribution in [-0.4, -0.2) is 40.6 Å². The van der Waals surface area contributed by atoms with Gasteiger partial charge in [0.15, 0.2) is 0 Å². The Balaban J connectivity index is 0.00000529. The van der Waals surface area contributed by atoms with Crippen LogP contribution in [0.25, 0.3) is 0 Å². The Morgan fingerprint density at radius 2 is 1.38 bits per heavy atom. The van der Waals surface area contributed by atoms with Gasteiger partial charge in [-0.2, -0.15) is 0 Å². The van der Waals surface area contributed by atoms with E-state index < -0.39 is 5.97 Å². The summed E-state index contributed by atoms with van der Waals surface area (Å²) in [6, 6.07) is 3.51. The molecular formula is C20H32FNaO2. The molecule has 0 saturated heterocycles. The molecule has 0 saturated carbocycles. The molecule has 1 aromatic rings. The van der Waals surface area contributed by atoms with Crippen LogP contribution in [0.3, 0.4) is 0 Å². The summed E-state index contributed by atoms with van der Waals surface area (Å²) in [5, 5.41) is 9.02. The molecule has 0 bridgehead atoms. The first-order chi connectivity index (χ1) is 11.1. The first kappa shape index (κ1) is 23.6. The molecule has 0 atom stereocenters. The number of carboxylic acids is 1. The number of aliphatic carboxylic acids is 1. The third-order valence-electron chi connectivity index (χ3n) is 4.24. The van der Waals surface area contributed by atoms with Crippen LogP contribution in [0, 0.1) is 5.82 Å².